The molecule has 5 heteroatoms. The number of piperidine rings is 1. The van der Waals surface area contributed by atoms with Gasteiger partial charge >= 0.3 is 0 Å². The number of hydrogen-bond donors (Lipinski definition) is 0. The van der Waals surface area contributed by atoms with Crippen LogP contribution in [0.2, 0.25) is 0 Å². The summed E-state index contributed by atoms with van der Waals surface area (Å²) in [6.45, 7) is 7.34. The Morgan fingerprint density at radius 1 is 1.22 bits per heavy atom. The van der Waals surface area contributed by atoms with Crippen molar-refractivity contribution in [1.29, 1.82) is 0 Å². The second-order valence-corrected chi connectivity index (χ2v) is 6.86. The smallest absolute Gasteiger partial charge is 0.123 e. The Bertz CT molecular complexity index is 491. The van der Waals surface area contributed by atoms with Crippen LogP contribution in [-0.2, 0) is 32.7 Å². The summed E-state index contributed by atoms with van der Waals surface area (Å²) in [5.74, 6) is 0.489. The molecule has 2 aliphatic rings. The molecule has 2 atom stereocenters. The van der Waals surface area contributed by atoms with E-state index in [9.17, 15) is 4.39 Å². The second-order valence-electron chi connectivity index (χ2n) is 6.86. The molecule has 0 spiro atoms. The topological polar surface area (TPSA) is 20.6 Å². The molecular weight excluding hydrogens is 366 g/mol. The van der Waals surface area contributed by atoms with E-state index >= 15 is 0 Å². The van der Waals surface area contributed by atoms with E-state index < -0.39 is 0 Å². The average Bonchev–Trinajstić information content (AvgIpc) is 2.51. The van der Waals surface area contributed by atoms with Crippen LogP contribution in [-0.4, -0.2) is 55.6 Å². The summed E-state index contributed by atoms with van der Waals surface area (Å²) in [6.07, 6.45) is 2.39. The largest absolute Gasteiger partial charge is 0.660 e. The fourth-order valence-electron chi connectivity index (χ4n) is 3.97. The summed E-state index contributed by atoms with van der Waals surface area (Å²) in [5.41, 5.74) is 1.14. The molecule has 0 saturated carbocycles. The number of benzene rings is 1. The van der Waals surface area contributed by atoms with Crippen LogP contribution in [0, 0.1) is 11.7 Å². The number of rotatable bonds is 3. The Labute approximate surface area is 164 Å². The molecule has 1 radical (unpaired) electrons. The fourth-order valence-corrected chi connectivity index (χ4v) is 3.97. The van der Waals surface area contributed by atoms with Crippen molar-refractivity contribution in [2.24, 2.45) is 5.92 Å². The Hall–Kier alpha value is 0.134. The molecule has 0 bridgehead atoms. The number of halogens is 1. The van der Waals surface area contributed by atoms with Crippen molar-refractivity contribution in [2.45, 2.75) is 31.8 Å². The van der Waals surface area contributed by atoms with Gasteiger partial charge in [0.25, 0.3) is 0 Å². The molecule has 0 amide bonds. The summed E-state index contributed by atoms with van der Waals surface area (Å²) < 4.78 is 13.8. The monoisotopic (exact) mass is 393 g/mol. The molecule has 1 aromatic carbocycles. The third-order valence-corrected chi connectivity index (χ3v) is 5.23. The third-order valence-electron chi connectivity index (χ3n) is 5.23. The van der Waals surface area contributed by atoms with Gasteiger partial charge in [0.15, 0.2) is 0 Å². The maximum Gasteiger partial charge on any atom is 0.123 e. The van der Waals surface area contributed by atoms with Gasteiger partial charge in [-0.25, -0.2) is 4.39 Å². The Morgan fingerprint density at radius 2 is 1.96 bits per heavy atom. The van der Waals surface area contributed by atoms with Crippen LogP contribution in [0.5, 0.6) is 0 Å². The maximum absolute atomic E-state index is 13.8. The Kier molecular flexibility index (Phi) is 7.62. The van der Waals surface area contributed by atoms with E-state index in [-0.39, 0.29) is 38.5 Å². The van der Waals surface area contributed by atoms with Gasteiger partial charge in [0, 0.05) is 38.8 Å². The first-order chi connectivity index (χ1) is 10.6. The standard InChI is InChI=1S/C18H27FN3.Y/c1-14-13-20-8-11-22(14)18(15-6-9-21(2)10-7-15)16-4-3-5-17(19)12-16;/h3-5,12,14-15,18H,6-11,13H2,1-2H3;/q-1;/t14-,18?;/m0./s1. The van der Waals surface area contributed by atoms with E-state index in [0.29, 0.717) is 18.0 Å². The van der Waals surface area contributed by atoms with Crippen molar-refractivity contribution < 1.29 is 37.1 Å². The van der Waals surface area contributed by atoms with Crippen molar-refractivity contribution in [3.8, 4) is 0 Å². The van der Waals surface area contributed by atoms with E-state index in [0.717, 1.165) is 38.3 Å². The molecule has 0 aliphatic carbocycles. The first-order valence-electron chi connectivity index (χ1n) is 8.48. The summed E-state index contributed by atoms with van der Waals surface area (Å²) in [6, 6.07) is 8.01. The van der Waals surface area contributed by atoms with E-state index in [4.69, 9.17) is 0 Å². The van der Waals surface area contributed by atoms with Gasteiger partial charge in [0.05, 0.1) is 0 Å². The van der Waals surface area contributed by atoms with Gasteiger partial charge in [0.1, 0.15) is 5.82 Å². The second kappa shape index (κ2) is 9.00. The SMILES string of the molecule is C[C@H]1C[N-]CCN1C(c1cccc(F)c1)C1CCN(C)CC1.[Y]. The van der Waals surface area contributed by atoms with E-state index in [2.05, 4.69) is 35.2 Å². The molecule has 2 fully saturated rings. The number of nitrogens with zero attached hydrogens (tertiary/aromatic N) is 3. The van der Waals surface area contributed by atoms with Crippen LogP contribution in [0.1, 0.15) is 31.4 Å². The van der Waals surface area contributed by atoms with Crippen molar-refractivity contribution in [3.05, 3.63) is 41.0 Å². The van der Waals surface area contributed by atoms with Gasteiger partial charge in [-0.1, -0.05) is 19.1 Å². The predicted molar refractivity (Wildman–Crippen MR) is 88.6 cm³/mol. The van der Waals surface area contributed by atoms with Gasteiger partial charge in [-0.15, -0.1) is 13.1 Å². The zero-order chi connectivity index (χ0) is 15.5. The minimum absolute atomic E-state index is 0. The van der Waals surface area contributed by atoms with Crippen LogP contribution in [0.4, 0.5) is 4.39 Å². The molecule has 2 saturated heterocycles. The first kappa shape index (κ1) is 19.5. The van der Waals surface area contributed by atoms with E-state index in [1.54, 1.807) is 12.1 Å². The van der Waals surface area contributed by atoms with Crippen LogP contribution in [0.25, 0.3) is 5.32 Å². The normalized spacial score (nSPS) is 25.8. The van der Waals surface area contributed by atoms with Crippen LogP contribution < -0.4 is 0 Å². The minimum Gasteiger partial charge on any atom is -0.660 e. The van der Waals surface area contributed by atoms with Crippen molar-refractivity contribution >= 4 is 0 Å². The molecular formula is C18H27FN3Y-. The van der Waals surface area contributed by atoms with E-state index in [1.807, 2.05) is 6.07 Å². The molecule has 23 heavy (non-hydrogen) atoms. The maximum atomic E-state index is 13.8. The summed E-state index contributed by atoms with van der Waals surface area (Å²) in [4.78, 5) is 4.96. The quantitative estimate of drug-likeness (QED) is 0.786. The Balaban J connectivity index is 0.00000192. The molecule has 0 N–H and O–H groups in total. The van der Waals surface area contributed by atoms with Gasteiger partial charge in [-0.2, -0.15) is 0 Å². The summed E-state index contributed by atoms with van der Waals surface area (Å²) >= 11 is 0. The van der Waals surface area contributed by atoms with E-state index in [1.165, 1.54) is 12.8 Å². The zero-order valence-corrected chi connectivity index (χ0v) is 17.1. The van der Waals surface area contributed by atoms with Crippen LogP contribution in [0.15, 0.2) is 24.3 Å². The average molecular weight is 393 g/mol. The molecule has 125 valence electrons. The van der Waals surface area contributed by atoms with Gasteiger partial charge in [0.2, 0.25) is 0 Å². The number of likely N-dealkylation sites (tertiary alicyclic amines) is 1. The third kappa shape index (κ3) is 4.82. The summed E-state index contributed by atoms with van der Waals surface area (Å²) in [7, 11) is 2.19. The van der Waals surface area contributed by atoms with Crippen LogP contribution >= 0.6 is 0 Å². The molecule has 1 aromatic rings. The molecule has 0 aromatic heterocycles. The molecule has 2 heterocycles. The molecule has 3 rings (SSSR count). The Morgan fingerprint density at radius 3 is 2.61 bits per heavy atom. The summed E-state index contributed by atoms with van der Waals surface area (Å²) in [5, 5.41) is 4.54. The fraction of sp³-hybridized carbons (Fsp3) is 0.667. The zero-order valence-electron chi connectivity index (χ0n) is 14.3. The predicted octanol–water partition coefficient (Wildman–Crippen LogP) is 3.28. The van der Waals surface area contributed by atoms with Gasteiger partial charge < -0.3 is 10.2 Å². The molecule has 3 nitrogen and oxygen atoms in total. The number of hydrogen-bond acceptors (Lipinski definition) is 2. The minimum atomic E-state index is -0.121. The van der Waals surface area contributed by atoms with Gasteiger partial charge in [-0.3, -0.25) is 4.90 Å². The molecule has 2 aliphatic heterocycles. The van der Waals surface area contributed by atoms with Crippen LogP contribution in [0.3, 0.4) is 0 Å². The van der Waals surface area contributed by atoms with Crippen molar-refractivity contribution in [3.63, 3.8) is 0 Å². The van der Waals surface area contributed by atoms with Crippen molar-refractivity contribution in [2.75, 3.05) is 39.8 Å². The molecule has 1 unspecified atom stereocenters. The number of piperazine rings is 1. The van der Waals surface area contributed by atoms with Gasteiger partial charge in [-0.05, 0) is 69.2 Å². The first-order valence-corrected chi connectivity index (χ1v) is 8.48. The van der Waals surface area contributed by atoms with Crippen molar-refractivity contribution in [1.82, 2.24) is 9.80 Å².